The van der Waals surface area contributed by atoms with Gasteiger partial charge in [0.25, 0.3) is 0 Å². The summed E-state index contributed by atoms with van der Waals surface area (Å²) in [7, 11) is 1.66. The van der Waals surface area contributed by atoms with E-state index in [9.17, 15) is 4.79 Å². The van der Waals surface area contributed by atoms with E-state index in [-0.39, 0.29) is 25.1 Å². The summed E-state index contributed by atoms with van der Waals surface area (Å²) in [6, 6.07) is 20.6. The number of hydrogen-bond donors (Lipinski definition) is 1. The molecule has 0 saturated carbocycles. The number of rotatable bonds is 13. The highest BCUT2D eigenvalue weighted by Gasteiger charge is 2.29. The fourth-order valence-electron chi connectivity index (χ4n) is 4.24. The molecule has 1 N–H and O–H groups in total. The van der Waals surface area contributed by atoms with Crippen molar-refractivity contribution >= 4 is 34.8 Å². The van der Waals surface area contributed by atoms with E-state index in [4.69, 9.17) is 42.1 Å². The van der Waals surface area contributed by atoms with Gasteiger partial charge in [-0.25, -0.2) is 0 Å². The van der Waals surface area contributed by atoms with Crippen molar-refractivity contribution in [1.82, 2.24) is 5.32 Å². The molecule has 0 aromatic heterocycles. The number of nitrogens with one attached hydrogen (secondary N) is 1. The number of ether oxygens (including phenoxy) is 4. The van der Waals surface area contributed by atoms with Gasteiger partial charge in [-0.05, 0) is 42.5 Å². The van der Waals surface area contributed by atoms with Crippen molar-refractivity contribution in [2.75, 3.05) is 44.9 Å². The lowest BCUT2D eigenvalue weighted by Crippen LogP contribution is -2.57. The number of piperazine rings is 1. The van der Waals surface area contributed by atoms with Crippen LogP contribution in [0.15, 0.2) is 66.7 Å². The van der Waals surface area contributed by atoms with Gasteiger partial charge in [-0.15, -0.1) is 0 Å². The third-order valence-corrected chi connectivity index (χ3v) is 6.88. The Balaban J connectivity index is 1.24. The maximum absolute atomic E-state index is 12.8. The molecule has 1 amide bonds. The molecule has 0 bridgehead atoms. The van der Waals surface area contributed by atoms with Crippen molar-refractivity contribution in [2.45, 2.75) is 25.7 Å². The number of carbonyl (C=O) groups is 1. The molecule has 38 heavy (non-hydrogen) atoms. The van der Waals surface area contributed by atoms with E-state index in [1.807, 2.05) is 48.5 Å². The third-order valence-electron chi connectivity index (χ3n) is 6.18. The molecular formula is C29H32Cl2N2O5. The first-order chi connectivity index (χ1) is 18.6. The third kappa shape index (κ3) is 7.62. The Morgan fingerprint density at radius 2 is 1.68 bits per heavy atom. The van der Waals surface area contributed by atoms with Crippen LogP contribution in [0.4, 0.5) is 5.69 Å². The van der Waals surface area contributed by atoms with Crippen LogP contribution in [0, 0.1) is 0 Å². The molecule has 0 aliphatic carbocycles. The number of nitrogens with zero attached hydrogens (tertiary/aromatic N) is 1. The lowest BCUT2D eigenvalue weighted by Gasteiger charge is -2.36. The topological polar surface area (TPSA) is 69.3 Å². The smallest absolute Gasteiger partial charge is 0.241 e. The van der Waals surface area contributed by atoms with Crippen molar-refractivity contribution in [1.29, 1.82) is 0 Å². The standard InChI is InChI=1S/C29H32Cl2N2O5/c1-35-28-9-3-2-6-21(28)18-36-14-5-15-38-24-12-10-22(11-13-24)33-23(16-32-17-29(33)34)19-37-20-25-26(30)7-4-8-27(25)31/h2-4,6-13,23,32H,5,14-20H2,1H3/t23-/m1/s1. The summed E-state index contributed by atoms with van der Waals surface area (Å²) < 4.78 is 22.9. The van der Waals surface area contributed by atoms with Crippen LogP contribution in [0.1, 0.15) is 17.5 Å². The second-order valence-corrected chi connectivity index (χ2v) is 9.64. The first-order valence-corrected chi connectivity index (χ1v) is 13.3. The SMILES string of the molecule is COc1ccccc1COCCCOc1ccc(N2C(=O)CNC[C@@H]2COCc2c(Cl)cccc2Cl)cc1. The Morgan fingerprint density at radius 3 is 2.45 bits per heavy atom. The summed E-state index contributed by atoms with van der Waals surface area (Å²) in [6.07, 6.45) is 0.752. The van der Waals surface area contributed by atoms with Crippen LogP contribution >= 0.6 is 23.2 Å². The van der Waals surface area contributed by atoms with Gasteiger partial charge in [0.15, 0.2) is 0 Å². The van der Waals surface area contributed by atoms with E-state index >= 15 is 0 Å². The monoisotopic (exact) mass is 558 g/mol. The van der Waals surface area contributed by atoms with Crippen LogP contribution in [-0.2, 0) is 27.5 Å². The normalized spacial score (nSPS) is 15.5. The molecule has 0 radical (unpaired) electrons. The summed E-state index contributed by atoms with van der Waals surface area (Å²) in [4.78, 5) is 14.5. The zero-order chi connectivity index (χ0) is 26.7. The minimum absolute atomic E-state index is 0.0125. The molecule has 0 spiro atoms. The Labute approximate surface area is 233 Å². The van der Waals surface area contributed by atoms with Crippen molar-refractivity contribution in [3.05, 3.63) is 87.9 Å². The van der Waals surface area contributed by atoms with E-state index in [0.717, 1.165) is 34.7 Å². The molecule has 1 aliphatic rings. The summed E-state index contributed by atoms with van der Waals surface area (Å²) in [5.74, 6) is 1.55. The van der Waals surface area contributed by atoms with Crippen LogP contribution < -0.4 is 19.7 Å². The largest absolute Gasteiger partial charge is 0.496 e. The molecule has 0 unspecified atom stereocenters. The minimum atomic E-state index is -0.162. The number of anilines is 1. The average molecular weight is 559 g/mol. The molecule has 7 nitrogen and oxygen atoms in total. The number of hydrogen-bond acceptors (Lipinski definition) is 6. The van der Waals surface area contributed by atoms with E-state index < -0.39 is 0 Å². The van der Waals surface area contributed by atoms with Gasteiger partial charge < -0.3 is 29.2 Å². The zero-order valence-corrected chi connectivity index (χ0v) is 22.8. The van der Waals surface area contributed by atoms with Crippen molar-refractivity contribution < 1.29 is 23.7 Å². The van der Waals surface area contributed by atoms with Gasteiger partial charge >= 0.3 is 0 Å². The second-order valence-electron chi connectivity index (χ2n) is 8.82. The maximum Gasteiger partial charge on any atom is 0.241 e. The van der Waals surface area contributed by atoms with Gasteiger partial charge in [0.1, 0.15) is 11.5 Å². The summed E-state index contributed by atoms with van der Waals surface area (Å²) >= 11 is 12.5. The summed E-state index contributed by atoms with van der Waals surface area (Å²) in [5.41, 5.74) is 2.56. The van der Waals surface area contributed by atoms with Crippen LogP contribution in [0.5, 0.6) is 11.5 Å². The lowest BCUT2D eigenvalue weighted by molar-refractivity contribution is -0.119. The lowest BCUT2D eigenvalue weighted by atomic mass is 10.1. The fraction of sp³-hybridized carbons (Fsp3) is 0.345. The van der Waals surface area contributed by atoms with Crippen LogP contribution in [0.25, 0.3) is 0 Å². The fourth-order valence-corrected chi connectivity index (χ4v) is 4.75. The molecule has 9 heteroatoms. The molecule has 3 aromatic carbocycles. The summed E-state index contributed by atoms with van der Waals surface area (Å²) in [5, 5.41) is 4.28. The van der Waals surface area contributed by atoms with Crippen LogP contribution in [0.3, 0.4) is 0 Å². The number of para-hydroxylation sites is 1. The van der Waals surface area contributed by atoms with Gasteiger partial charge in [0.2, 0.25) is 5.91 Å². The number of halogens is 2. The average Bonchev–Trinajstić information content (AvgIpc) is 2.93. The van der Waals surface area contributed by atoms with E-state index in [0.29, 0.717) is 43.0 Å². The van der Waals surface area contributed by atoms with E-state index in [1.54, 1.807) is 30.2 Å². The van der Waals surface area contributed by atoms with E-state index in [2.05, 4.69) is 5.32 Å². The van der Waals surface area contributed by atoms with Gasteiger partial charge in [-0.2, -0.15) is 0 Å². The molecule has 1 atom stereocenters. The van der Waals surface area contributed by atoms with Crippen LogP contribution in [0.2, 0.25) is 10.0 Å². The number of benzene rings is 3. The molecule has 1 saturated heterocycles. The highest BCUT2D eigenvalue weighted by Crippen LogP contribution is 2.26. The van der Waals surface area contributed by atoms with Gasteiger partial charge in [-0.3, -0.25) is 4.79 Å². The van der Waals surface area contributed by atoms with Gasteiger partial charge in [-0.1, -0.05) is 47.5 Å². The second kappa shape index (κ2) is 14.4. The molecule has 1 fully saturated rings. The zero-order valence-electron chi connectivity index (χ0n) is 21.3. The Bertz CT molecular complexity index is 1170. The predicted molar refractivity (Wildman–Crippen MR) is 149 cm³/mol. The molecular weight excluding hydrogens is 527 g/mol. The molecule has 4 rings (SSSR count). The highest BCUT2D eigenvalue weighted by atomic mass is 35.5. The highest BCUT2D eigenvalue weighted by molar-refractivity contribution is 6.35. The van der Waals surface area contributed by atoms with Gasteiger partial charge in [0.05, 0.1) is 52.7 Å². The van der Waals surface area contributed by atoms with E-state index in [1.165, 1.54) is 0 Å². The van der Waals surface area contributed by atoms with Gasteiger partial charge in [0, 0.05) is 39.8 Å². The molecule has 1 aliphatic heterocycles. The van der Waals surface area contributed by atoms with Crippen molar-refractivity contribution in [2.24, 2.45) is 0 Å². The number of carbonyl (C=O) groups excluding carboxylic acids is 1. The predicted octanol–water partition coefficient (Wildman–Crippen LogP) is 5.51. The number of amides is 1. The number of methoxy groups -OCH3 is 1. The Morgan fingerprint density at radius 1 is 0.921 bits per heavy atom. The van der Waals surface area contributed by atoms with Crippen LogP contribution in [-0.4, -0.2) is 52.0 Å². The quantitative estimate of drug-likeness (QED) is 0.279. The van der Waals surface area contributed by atoms with Crippen molar-refractivity contribution in [3.8, 4) is 11.5 Å². The molecule has 1 heterocycles. The maximum atomic E-state index is 12.8. The molecule has 202 valence electrons. The van der Waals surface area contributed by atoms with Crippen molar-refractivity contribution in [3.63, 3.8) is 0 Å². The first-order valence-electron chi connectivity index (χ1n) is 12.5. The molecule has 3 aromatic rings. The summed E-state index contributed by atoms with van der Waals surface area (Å²) in [6.45, 7) is 3.11. The Kier molecular flexibility index (Phi) is 10.7. The first kappa shape index (κ1) is 28.2. The Hall–Kier alpha value is -2.81. The minimum Gasteiger partial charge on any atom is -0.496 e.